The van der Waals surface area contributed by atoms with E-state index in [0.717, 1.165) is 36.7 Å². The molecule has 192 valence electrons. The molecular weight excluding hydrogens is 538 g/mol. The van der Waals surface area contributed by atoms with E-state index in [1.54, 1.807) is 12.1 Å². The Hall–Kier alpha value is -6.22. The molecule has 8 nitrogen and oxygen atoms in total. The largest absolute Gasteiger partial charge is 0.417 e. The van der Waals surface area contributed by atoms with Gasteiger partial charge in [-0.1, -0.05) is 0 Å². The predicted octanol–water partition coefficient (Wildman–Crippen LogP) is 3.99. The van der Waals surface area contributed by atoms with Crippen molar-refractivity contribution in [3.8, 4) is 58.9 Å². The molecular formula is C26H6F6N8. The van der Waals surface area contributed by atoms with Crippen LogP contribution in [0.25, 0.3) is 33.7 Å². The predicted molar refractivity (Wildman–Crippen MR) is 121 cm³/mol. The summed E-state index contributed by atoms with van der Waals surface area (Å²) in [5.41, 5.74) is -11.6. The van der Waals surface area contributed by atoms with Gasteiger partial charge in [-0.2, -0.15) is 57.9 Å². The second-order valence-corrected chi connectivity index (χ2v) is 7.53. The van der Waals surface area contributed by atoms with Crippen molar-refractivity contribution in [2.75, 3.05) is 0 Å². The third kappa shape index (κ3) is 4.98. The number of halogens is 6. The number of nitrogens with zero attached hydrogens (tertiary/aromatic N) is 8. The fraction of sp³-hybridized carbons (Fsp3) is 0.0769. The van der Waals surface area contributed by atoms with Gasteiger partial charge in [0, 0.05) is 34.0 Å². The van der Waals surface area contributed by atoms with Gasteiger partial charge in [0.1, 0.15) is 47.6 Å². The molecule has 3 aromatic rings. The van der Waals surface area contributed by atoms with Crippen LogP contribution in [0.5, 0.6) is 0 Å². The number of alkyl halides is 6. The first-order valence-electron chi connectivity index (χ1n) is 10.3. The molecule has 0 aliphatic rings. The topological polar surface area (TPSA) is 169 Å². The summed E-state index contributed by atoms with van der Waals surface area (Å²) >= 11 is 0. The number of nitriles is 6. The van der Waals surface area contributed by atoms with Gasteiger partial charge in [0.25, 0.3) is 0 Å². The molecule has 0 aliphatic heterocycles. The monoisotopic (exact) mass is 544 g/mol. The van der Waals surface area contributed by atoms with Crippen LogP contribution in [-0.4, -0.2) is 9.97 Å². The Bertz CT molecular complexity index is 1740. The van der Waals surface area contributed by atoms with Crippen molar-refractivity contribution in [1.29, 1.82) is 31.6 Å². The minimum absolute atomic E-state index is 0.181. The van der Waals surface area contributed by atoms with E-state index in [9.17, 15) is 47.4 Å². The molecule has 0 radical (unpaired) electrons. The maximum absolute atomic E-state index is 14.8. The van der Waals surface area contributed by atoms with Gasteiger partial charge in [-0.3, -0.25) is 9.97 Å². The lowest BCUT2D eigenvalue weighted by molar-refractivity contribution is -0.141. The highest BCUT2D eigenvalue weighted by Crippen LogP contribution is 2.40. The lowest BCUT2D eigenvalue weighted by atomic mass is 9.85. The molecule has 0 N–H and O–H groups in total. The van der Waals surface area contributed by atoms with Gasteiger partial charge < -0.3 is 0 Å². The van der Waals surface area contributed by atoms with E-state index in [4.69, 9.17) is 10.5 Å². The van der Waals surface area contributed by atoms with Crippen molar-refractivity contribution in [1.82, 2.24) is 9.97 Å². The Morgan fingerprint density at radius 1 is 0.550 bits per heavy atom. The van der Waals surface area contributed by atoms with Gasteiger partial charge >= 0.3 is 12.4 Å². The van der Waals surface area contributed by atoms with Gasteiger partial charge in [-0.05, 0) is 24.3 Å². The Morgan fingerprint density at radius 3 is 1.07 bits per heavy atom. The molecule has 3 rings (SSSR count). The third-order valence-corrected chi connectivity index (χ3v) is 5.31. The summed E-state index contributed by atoms with van der Waals surface area (Å²) in [7, 11) is 0. The molecule has 0 saturated carbocycles. The normalized spacial score (nSPS) is 10.6. The molecule has 1 aromatic carbocycles. The molecule has 0 atom stereocenters. The summed E-state index contributed by atoms with van der Waals surface area (Å²) < 4.78 is 89.0. The lowest BCUT2D eigenvalue weighted by Gasteiger charge is -2.22. The van der Waals surface area contributed by atoms with E-state index in [0.29, 0.717) is 0 Å². The van der Waals surface area contributed by atoms with Crippen molar-refractivity contribution in [3.63, 3.8) is 0 Å². The summed E-state index contributed by atoms with van der Waals surface area (Å²) in [6.45, 7) is 0. The molecule has 0 spiro atoms. The minimum Gasteiger partial charge on any atom is -0.255 e. The number of pyridine rings is 2. The number of hydrogen-bond donors (Lipinski definition) is 0. The number of hydrogen-bond acceptors (Lipinski definition) is 8. The molecule has 0 unspecified atom stereocenters. The van der Waals surface area contributed by atoms with Gasteiger partial charge in [0.15, 0.2) is 0 Å². The van der Waals surface area contributed by atoms with Crippen molar-refractivity contribution < 1.29 is 26.3 Å². The fourth-order valence-corrected chi connectivity index (χ4v) is 3.82. The smallest absolute Gasteiger partial charge is 0.255 e. The SMILES string of the molecule is N#CC(C#N)=c1c(-c2ccc(C#N)cn2)c(C(F)(F)F)c(=C(C#N)C#N)c(-c2ccc(C#N)cn2)c1C(F)(F)F. The van der Waals surface area contributed by atoms with E-state index < -0.39 is 67.6 Å². The zero-order chi connectivity index (χ0) is 29.8. The standard InChI is InChI=1S/C26H6F6N8/c27-25(28,29)23-20(16(9-37)10-38)22(18-4-2-14(6-34)12-40-18)24(26(30,31)32)19(15(7-35)8-36)21(23)17-3-1-13(5-33)11-39-17/h1-4,11-12H. The number of rotatable bonds is 2. The van der Waals surface area contributed by atoms with Crippen molar-refractivity contribution in [3.05, 3.63) is 69.4 Å². The van der Waals surface area contributed by atoms with Crippen LogP contribution in [0.4, 0.5) is 26.3 Å². The molecule has 0 amide bonds. The Kier molecular flexibility index (Phi) is 7.54. The van der Waals surface area contributed by atoms with Gasteiger partial charge in [0.05, 0.1) is 33.6 Å². The Balaban J connectivity index is 3.02. The first-order valence-corrected chi connectivity index (χ1v) is 10.3. The molecule has 0 fully saturated rings. The van der Waals surface area contributed by atoms with Crippen LogP contribution in [-0.2, 0) is 12.4 Å². The molecule has 2 heterocycles. The van der Waals surface area contributed by atoms with Crippen LogP contribution in [0.2, 0.25) is 0 Å². The summed E-state index contributed by atoms with van der Waals surface area (Å²) in [5, 5.41) is 53.1. The van der Waals surface area contributed by atoms with E-state index >= 15 is 0 Å². The first-order chi connectivity index (χ1) is 18.9. The van der Waals surface area contributed by atoms with Crippen LogP contribution in [0.3, 0.4) is 0 Å². The average molecular weight is 544 g/mol. The summed E-state index contributed by atoms with van der Waals surface area (Å²) in [6.07, 6.45) is -9.70. The van der Waals surface area contributed by atoms with Crippen LogP contribution in [0.15, 0.2) is 36.7 Å². The second-order valence-electron chi connectivity index (χ2n) is 7.53. The highest BCUT2D eigenvalue weighted by Gasteiger charge is 2.45. The zero-order valence-corrected chi connectivity index (χ0v) is 19.3. The van der Waals surface area contributed by atoms with E-state index in [1.807, 2.05) is 0 Å². The Morgan fingerprint density at radius 2 is 0.875 bits per heavy atom. The maximum Gasteiger partial charge on any atom is 0.417 e. The van der Waals surface area contributed by atoms with Crippen molar-refractivity contribution in [2.24, 2.45) is 0 Å². The summed E-state index contributed by atoms with van der Waals surface area (Å²) in [4.78, 5) is 7.31. The van der Waals surface area contributed by atoms with E-state index in [1.165, 1.54) is 24.3 Å². The first kappa shape index (κ1) is 28.4. The molecule has 0 saturated heterocycles. The molecule has 14 heteroatoms. The maximum atomic E-state index is 14.8. The van der Waals surface area contributed by atoms with Crippen LogP contribution in [0, 0.1) is 68.0 Å². The summed E-state index contributed by atoms with van der Waals surface area (Å²) in [5.74, 6) is 0. The summed E-state index contributed by atoms with van der Waals surface area (Å²) in [6, 6.07) is 11.4. The average Bonchev–Trinajstić information content (AvgIpc) is 2.93. The van der Waals surface area contributed by atoms with Crippen LogP contribution >= 0.6 is 0 Å². The zero-order valence-electron chi connectivity index (χ0n) is 19.3. The van der Waals surface area contributed by atoms with Crippen molar-refractivity contribution in [2.45, 2.75) is 12.4 Å². The molecule has 40 heavy (non-hydrogen) atoms. The highest BCUT2D eigenvalue weighted by molar-refractivity contribution is 5.88. The molecule has 2 aromatic heterocycles. The van der Waals surface area contributed by atoms with Gasteiger partial charge in [0.2, 0.25) is 0 Å². The number of benzene rings is 1. The van der Waals surface area contributed by atoms with E-state index in [-0.39, 0.29) is 11.1 Å². The van der Waals surface area contributed by atoms with Gasteiger partial charge in [-0.25, -0.2) is 0 Å². The Labute approximate surface area is 220 Å². The molecule has 0 aliphatic carbocycles. The minimum atomic E-state index is -5.60. The fourth-order valence-electron chi connectivity index (χ4n) is 3.82. The lowest BCUT2D eigenvalue weighted by Crippen LogP contribution is -2.37. The number of aromatic nitrogens is 2. The van der Waals surface area contributed by atoms with Gasteiger partial charge in [-0.15, -0.1) is 0 Å². The quantitative estimate of drug-likeness (QED) is 0.436. The van der Waals surface area contributed by atoms with E-state index in [2.05, 4.69) is 9.97 Å². The van der Waals surface area contributed by atoms with Crippen LogP contribution in [0.1, 0.15) is 22.3 Å². The third-order valence-electron chi connectivity index (χ3n) is 5.31. The van der Waals surface area contributed by atoms with Crippen molar-refractivity contribution >= 4 is 11.1 Å². The molecule has 0 bridgehead atoms. The highest BCUT2D eigenvalue weighted by atomic mass is 19.4. The van der Waals surface area contributed by atoms with Crippen LogP contribution < -0.4 is 10.4 Å². The second kappa shape index (κ2) is 10.6.